The molecule has 0 spiro atoms. The van der Waals surface area contributed by atoms with Crippen LogP contribution in [0, 0.1) is 5.82 Å². The smallest absolute Gasteiger partial charge is 0.240 e. The second-order valence-electron chi connectivity index (χ2n) is 3.41. The highest BCUT2D eigenvalue weighted by atomic mass is 19.1. The van der Waals surface area contributed by atoms with Gasteiger partial charge in [0.1, 0.15) is 0 Å². The number of fused-ring (bicyclic) bond motifs is 1. The molecular weight excluding hydrogens is 229 g/mol. The van der Waals surface area contributed by atoms with Crippen molar-refractivity contribution >= 4 is 0 Å². The zero-order valence-electron chi connectivity index (χ0n) is 8.64. The van der Waals surface area contributed by atoms with Gasteiger partial charge in [0.25, 0.3) is 0 Å². The summed E-state index contributed by atoms with van der Waals surface area (Å²) in [5, 5.41) is 3.69. The Morgan fingerprint density at radius 3 is 3.00 bits per heavy atom. The molecule has 1 aromatic carbocycles. The minimum absolute atomic E-state index is 0.00992. The lowest BCUT2D eigenvalue weighted by atomic mass is 10.2. The van der Waals surface area contributed by atoms with Crippen molar-refractivity contribution in [1.82, 2.24) is 10.1 Å². The van der Waals surface area contributed by atoms with Gasteiger partial charge in [-0.3, -0.25) is 0 Å². The van der Waals surface area contributed by atoms with E-state index in [1.54, 1.807) is 6.07 Å². The molecule has 7 heteroatoms. The quantitative estimate of drug-likeness (QED) is 0.840. The zero-order chi connectivity index (χ0) is 11.8. The number of rotatable bonds is 2. The summed E-state index contributed by atoms with van der Waals surface area (Å²) in [7, 11) is 0. The first kappa shape index (κ1) is 10.0. The third kappa shape index (κ3) is 1.60. The van der Waals surface area contributed by atoms with E-state index in [2.05, 4.69) is 10.1 Å². The molecule has 1 aromatic heterocycles. The molecule has 0 fully saturated rings. The summed E-state index contributed by atoms with van der Waals surface area (Å²) in [4.78, 5) is 4.00. The molecule has 3 rings (SSSR count). The Kier molecular flexibility index (Phi) is 2.19. The highest BCUT2D eigenvalue weighted by Crippen LogP contribution is 2.37. The van der Waals surface area contributed by atoms with Crippen LogP contribution in [-0.2, 0) is 6.54 Å². The number of nitrogens with two attached hydrogens (primary N) is 1. The molecule has 88 valence electrons. The van der Waals surface area contributed by atoms with E-state index in [-0.39, 0.29) is 30.8 Å². The highest BCUT2D eigenvalue weighted by Gasteiger charge is 2.21. The van der Waals surface area contributed by atoms with Crippen LogP contribution in [0.15, 0.2) is 16.7 Å². The average molecular weight is 237 g/mol. The molecule has 6 nitrogen and oxygen atoms in total. The number of benzene rings is 1. The standard InChI is InChI=1S/C10H8FN3O3/c11-6-1-5(2-7-9(6)16-4-15-7)10-13-8(3-12)17-14-10/h1-2H,3-4,12H2. The van der Waals surface area contributed by atoms with Crippen LogP contribution in [-0.4, -0.2) is 16.9 Å². The first-order chi connectivity index (χ1) is 8.28. The van der Waals surface area contributed by atoms with Crippen LogP contribution >= 0.6 is 0 Å². The van der Waals surface area contributed by atoms with Crippen molar-refractivity contribution in [2.75, 3.05) is 6.79 Å². The summed E-state index contributed by atoms with van der Waals surface area (Å²) < 4.78 is 28.5. The van der Waals surface area contributed by atoms with Gasteiger partial charge in [0.2, 0.25) is 24.3 Å². The minimum Gasteiger partial charge on any atom is -0.453 e. The molecule has 2 N–H and O–H groups in total. The van der Waals surface area contributed by atoms with Gasteiger partial charge in [-0.1, -0.05) is 5.16 Å². The van der Waals surface area contributed by atoms with E-state index in [4.69, 9.17) is 19.7 Å². The van der Waals surface area contributed by atoms with Gasteiger partial charge < -0.3 is 19.7 Å². The molecule has 1 aliphatic rings. The third-order valence-corrected chi connectivity index (χ3v) is 2.33. The Bertz CT molecular complexity index is 570. The molecule has 0 radical (unpaired) electrons. The van der Waals surface area contributed by atoms with Crippen LogP contribution < -0.4 is 15.2 Å². The molecule has 0 bridgehead atoms. The number of hydrogen-bond donors (Lipinski definition) is 1. The van der Waals surface area contributed by atoms with E-state index in [0.717, 1.165) is 0 Å². The van der Waals surface area contributed by atoms with Crippen molar-refractivity contribution in [2.45, 2.75) is 6.54 Å². The van der Waals surface area contributed by atoms with Gasteiger partial charge in [-0.25, -0.2) is 4.39 Å². The van der Waals surface area contributed by atoms with E-state index in [1.807, 2.05) is 0 Å². The van der Waals surface area contributed by atoms with Crippen LogP contribution in [0.25, 0.3) is 11.4 Å². The summed E-state index contributed by atoms with van der Waals surface area (Å²) in [5.41, 5.74) is 5.80. The SMILES string of the molecule is NCc1nc(-c2cc(F)c3c(c2)OCO3)no1. The predicted molar refractivity (Wildman–Crippen MR) is 53.7 cm³/mol. The maximum atomic E-state index is 13.6. The molecule has 0 aliphatic carbocycles. The fourth-order valence-electron chi connectivity index (χ4n) is 1.55. The molecule has 0 saturated carbocycles. The van der Waals surface area contributed by atoms with Gasteiger partial charge >= 0.3 is 0 Å². The molecule has 1 aliphatic heterocycles. The zero-order valence-corrected chi connectivity index (χ0v) is 8.64. The van der Waals surface area contributed by atoms with Crippen LogP contribution in [0.2, 0.25) is 0 Å². The summed E-state index contributed by atoms with van der Waals surface area (Å²) in [6, 6.07) is 2.86. The number of ether oxygens (including phenoxy) is 2. The van der Waals surface area contributed by atoms with Gasteiger partial charge in [0.15, 0.2) is 11.6 Å². The Morgan fingerprint density at radius 1 is 1.35 bits per heavy atom. The summed E-state index contributed by atoms with van der Waals surface area (Å²) in [6.45, 7) is 0.149. The minimum atomic E-state index is -0.519. The van der Waals surface area contributed by atoms with Gasteiger partial charge in [-0.05, 0) is 12.1 Å². The van der Waals surface area contributed by atoms with Gasteiger partial charge in [0, 0.05) is 5.56 Å². The number of aromatic nitrogens is 2. The van der Waals surface area contributed by atoms with Crippen LogP contribution in [0.4, 0.5) is 4.39 Å². The molecule has 2 heterocycles. The van der Waals surface area contributed by atoms with Gasteiger partial charge in [0.05, 0.1) is 6.54 Å². The molecule has 0 saturated heterocycles. The topological polar surface area (TPSA) is 83.4 Å². The lowest BCUT2D eigenvalue weighted by molar-refractivity contribution is 0.171. The Labute approximate surface area is 95.1 Å². The molecular formula is C10H8FN3O3. The van der Waals surface area contributed by atoms with E-state index in [9.17, 15) is 4.39 Å². The van der Waals surface area contributed by atoms with E-state index < -0.39 is 5.82 Å². The second-order valence-corrected chi connectivity index (χ2v) is 3.41. The number of hydrogen-bond acceptors (Lipinski definition) is 6. The van der Waals surface area contributed by atoms with Crippen LogP contribution in [0.5, 0.6) is 11.5 Å². The molecule has 2 aromatic rings. The van der Waals surface area contributed by atoms with E-state index in [1.165, 1.54) is 6.07 Å². The molecule has 0 unspecified atom stereocenters. The lowest BCUT2D eigenvalue weighted by Crippen LogP contribution is -1.95. The molecule has 0 atom stereocenters. The predicted octanol–water partition coefficient (Wildman–Crippen LogP) is 1.06. The fraction of sp³-hybridized carbons (Fsp3) is 0.200. The summed E-state index contributed by atoms with van der Waals surface area (Å²) in [5.74, 6) is 0.477. The maximum Gasteiger partial charge on any atom is 0.240 e. The van der Waals surface area contributed by atoms with Crippen molar-refractivity contribution in [1.29, 1.82) is 0 Å². The van der Waals surface area contributed by atoms with Gasteiger partial charge in [-0.15, -0.1) is 0 Å². The fourth-order valence-corrected chi connectivity index (χ4v) is 1.55. The van der Waals surface area contributed by atoms with E-state index >= 15 is 0 Å². The first-order valence-electron chi connectivity index (χ1n) is 4.90. The highest BCUT2D eigenvalue weighted by molar-refractivity contribution is 5.61. The number of nitrogens with zero attached hydrogens (tertiary/aromatic N) is 2. The third-order valence-electron chi connectivity index (χ3n) is 2.33. The van der Waals surface area contributed by atoms with Crippen LogP contribution in [0.3, 0.4) is 0 Å². The Hall–Kier alpha value is -2.15. The largest absolute Gasteiger partial charge is 0.453 e. The summed E-state index contributed by atoms with van der Waals surface area (Å²) >= 11 is 0. The van der Waals surface area contributed by atoms with Crippen molar-refractivity contribution < 1.29 is 18.4 Å². The van der Waals surface area contributed by atoms with Gasteiger partial charge in [-0.2, -0.15) is 4.98 Å². The normalized spacial score (nSPS) is 13.1. The van der Waals surface area contributed by atoms with E-state index in [0.29, 0.717) is 11.3 Å². The Balaban J connectivity index is 2.06. The van der Waals surface area contributed by atoms with Crippen molar-refractivity contribution in [3.63, 3.8) is 0 Å². The van der Waals surface area contributed by atoms with Crippen molar-refractivity contribution in [3.05, 3.63) is 23.8 Å². The Morgan fingerprint density at radius 2 is 2.24 bits per heavy atom. The average Bonchev–Trinajstić information content (AvgIpc) is 2.97. The lowest BCUT2D eigenvalue weighted by Gasteiger charge is -1.99. The van der Waals surface area contributed by atoms with Crippen LogP contribution in [0.1, 0.15) is 5.89 Å². The number of halogens is 1. The van der Waals surface area contributed by atoms with Crippen molar-refractivity contribution in [3.8, 4) is 22.9 Å². The molecule has 0 amide bonds. The monoisotopic (exact) mass is 237 g/mol. The van der Waals surface area contributed by atoms with Crippen molar-refractivity contribution in [2.24, 2.45) is 5.73 Å². The second kappa shape index (κ2) is 3.70. The maximum absolute atomic E-state index is 13.6. The summed E-state index contributed by atoms with van der Waals surface area (Å²) in [6.07, 6.45) is 0. The molecule has 17 heavy (non-hydrogen) atoms. The first-order valence-corrected chi connectivity index (χ1v) is 4.90.